The molecule has 0 aliphatic heterocycles. The Kier molecular flexibility index (Phi) is 2.18. The van der Waals surface area contributed by atoms with Gasteiger partial charge in [-0.1, -0.05) is 6.42 Å². The fourth-order valence-electron chi connectivity index (χ4n) is 2.76. The molecule has 0 atom stereocenters. The van der Waals surface area contributed by atoms with Gasteiger partial charge in [0.1, 0.15) is 5.82 Å². The molecule has 1 aliphatic rings. The molecule has 17 heavy (non-hydrogen) atoms. The van der Waals surface area contributed by atoms with Crippen LogP contribution in [0.15, 0.2) is 24.5 Å². The third-order valence-electron chi connectivity index (χ3n) is 3.87. The highest BCUT2D eigenvalue weighted by molar-refractivity contribution is 5.44. The van der Waals surface area contributed by atoms with Crippen LogP contribution in [0.2, 0.25) is 0 Å². The number of hydrogen-bond donors (Lipinski definition) is 2. The highest BCUT2D eigenvalue weighted by Gasteiger charge is 2.42. The second kappa shape index (κ2) is 3.58. The van der Waals surface area contributed by atoms with E-state index in [1.165, 1.54) is 17.5 Å². The van der Waals surface area contributed by atoms with Gasteiger partial charge in [0.05, 0.1) is 0 Å². The van der Waals surface area contributed by atoms with E-state index in [4.69, 9.17) is 5.73 Å². The molecule has 2 heterocycles. The van der Waals surface area contributed by atoms with Gasteiger partial charge in [0, 0.05) is 29.6 Å². The molecule has 0 amide bonds. The molecule has 3 rings (SSSR count). The topological polar surface area (TPSA) is 67.6 Å². The quantitative estimate of drug-likeness (QED) is 0.827. The van der Waals surface area contributed by atoms with Crippen LogP contribution in [-0.4, -0.2) is 15.2 Å². The first kappa shape index (κ1) is 10.3. The number of hydrogen-bond acceptors (Lipinski definition) is 3. The van der Waals surface area contributed by atoms with Gasteiger partial charge in [-0.05, 0) is 37.0 Å². The number of aryl methyl sites for hydroxylation is 1. The molecule has 88 valence electrons. The average molecular weight is 228 g/mol. The van der Waals surface area contributed by atoms with Crippen LogP contribution >= 0.6 is 0 Å². The number of nitrogens with one attached hydrogen (secondary N) is 1. The van der Waals surface area contributed by atoms with Crippen molar-refractivity contribution in [2.24, 2.45) is 0 Å². The standard InChI is InChI=1S/C13H16N4/c1-9-3-6-15-8-10(9)13(4-2-5-13)11-7-12(14)17-16-11/h3,6-8H,2,4-5H2,1H3,(H3,14,16,17). The van der Waals surface area contributed by atoms with E-state index in [0.717, 1.165) is 18.5 Å². The number of aromatic nitrogens is 3. The molecule has 0 saturated heterocycles. The molecule has 1 aliphatic carbocycles. The Morgan fingerprint density at radius 2 is 2.24 bits per heavy atom. The van der Waals surface area contributed by atoms with Crippen LogP contribution in [-0.2, 0) is 5.41 Å². The molecule has 0 radical (unpaired) electrons. The molecule has 0 bridgehead atoms. The van der Waals surface area contributed by atoms with Gasteiger partial charge in [-0.25, -0.2) is 0 Å². The number of H-pyrrole nitrogens is 1. The highest BCUT2D eigenvalue weighted by atomic mass is 15.2. The fourth-order valence-corrected chi connectivity index (χ4v) is 2.76. The number of anilines is 1. The van der Waals surface area contributed by atoms with Crippen molar-refractivity contribution in [2.45, 2.75) is 31.6 Å². The summed E-state index contributed by atoms with van der Waals surface area (Å²) in [6.45, 7) is 2.14. The van der Waals surface area contributed by atoms with Crippen molar-refractivity contribution in [3.63, 3.8) is 0 Å². The lowest BCUT2D eigenvalue weighted by Crippen LogP contribution is -2.36. The van der Waals surface area contributed by atoms with Crippen molar-refractivity contribution in [3.8, 4) is 0 Å². The Labute approximate surface area is 100 Å². The van der Waals surface area contributed by atoms with Gasteiger partial charge >= 0.3 is 0 Å². The first-order valence-electron chi connectivity index (χ1n) is 5.95. The van der Waals surface area contributed by atoms with Gasteiger partial charge in [-0.3, -0.25) is 10.1 Å². The van der Waals surface area contributed by atoms with Crippen molar-refractivity contribution < 1.29 is 0 Å². The van der Waals surface area contributed by atoms with Gasteiger partial charge in [0.15, 0.2) is 0 Å². The number of rotatable bonds is 2. The van der Waals surface area contributed by atoms with Crippen LogP contribution in [0.1, 0.15) is 36.1 Å². The number of nitrogen functional groups attached to an aromatic ring is 1. The molecule has 2 aromatic heterocycles. The number of aromatic amines is 1. The predicted octanol–water partition coefficient (Wildman–Crippen LogP) is 2.17. The first-order valence-corrected chi connectivity index (χ1v) is 5.95. The minimum absolute atomic E-state index is 0.0585. The van der Waals surface area contributed by atoms with Crippen LogP contribution in [0.25, 0.3) is 0 Å². The van der Waals surface area contributed by atoms with Gasteiger partial charge < -0.3 is 5.73 Å². The smallest absolute Gasteiger partial charge is 0.145 e. The largest absolute Gasteiger partial charge is 0.382 e. The zero-order valence-electron chi connectivity index (χ0n) is 9.90. The molecule has 2 aromatic rings. The van der Waals surface area contributed by atoms with Crippen molar-refractivity contribution >= 4 is 5.82 Å². The first-order chi connectivity index (χ1) is 8.22. The van der Waals surface area contributed by atoms with Crippen LogP contribution < -0.4 is 5.73 Å². The second-order valence-corrected chi connectivity index (χ2v) is 4.83. The molecule has 4 nitrogen and oxygen atoms in total. The lowest BCUT2D eigenvalue weighted by molar-refractivity contribution is 0.291. The Morgan fingerprint density at radius 3 is 2.76 bits per heavy atom. The summed E-state index contributed by atoms with van der Waals surface area (Å²) in [5.41, 5.74) is 9.48. The summed E-state index contributed by atoms with van der Waals surface area (Å²) in [4.78, 5) is 4.26. The minimum Gasteiger partial charge on any atom is -0.382 e. The Balaban J connectivity index is 2.12. The van der Waals surface area contributed by atoms with Crippen molar-refractivity contribution in [3.05, 3.63) is 41.3 Å². The molecule has 0 aromatic carbocycles. The van der Waals surface area contributed by atoms with Gasteiger partial charge in [-0.2, -0.15) is 5.10 Å². The summed E-state index contributed by atoms with van der Waals surface area (Å²) in [6.07, 6.45) is 7.34. The van der Waals surface area contributed by atoms with Gasteiger partial charge in [0.25, 0.3) is 0 Å². The Morgan fingerprint density at radius 1 is 1.41 bits per heavy atom. The van der Waals surface area contributed by atoms with Crippen LogP contribution in [0.4, 0.5) is 5.82 Å². The van der Waals surface area contributed by atoms with Crippen molar-refractivity contribution in [1.82, 2.24) is 15.2 Å². The SMILES string of the molecule is Cc1ccncc1C1(c2cc(N)n[nH]2)CCC1. The lowest BCUT2D eigenvalue weighted by Gasteiger charge is -2.42. The molecular weight excluding hydrogens is 212 g/mol. The lowest BCUT2D eigenvalue weighted by atomic mass is 9.62. The third-order valence-corrected chi connectivity index (χ3v) is 3.87. The summed E-state index contributed by atoms with van der Waals surface area (Å²) >= 11 is 0. The van der Waals surface area contributed by atoms with Crippen molar-refractivity contribution in [2.75, 3.05) is 5.73 Å². The zero-order chi connectivity index (χ0) is 11.9. The Hall–Kier alpha value is -1.84. The molecule has 0 spiro atoms. The number of nitrogens with two attached hydrogens (primary N) is 1. The van der Waals surface area contributed by atoms with E-state index in [-0.39, 0.29) is 5.41 Å². The van der Waals surface area contributed by atoms with Crippen molar-refractivity contribution in [1.29, 1.82) is 0 Å². The van der Waals surface area contributed by atoms with E-state index in [9.17, 15) is 0 Å². The number of pyridine rings is 1. The van der Waals surface area contributed by atoms with Crippen LogP contribution in [0.3, 0.4) is 0 Å². The van der Waals surface area contributed by atoms with Crippen LogP contribution in [0.5, 0.6) is 0 Å². The van der Waals surface area contributed by atoms with E-state index in [2.05, 4.69) is 28.2 Å². The minimum atomic E-state index is 0.0585. The molecule has 4 heteroatoms. The molecular formula is C13H16N4. The molecule has 1 saturated carbocycles. The molecule has 1 fully saturated rings. The predicted molar refractivity (Wildman–Crippen MR) is 66.6 cm³/mol. The maximum atomic E-state index is 5.71. The maximum Gasteiger partial charge on any atom is 0.145 e. The van der Waals surface area contributed by atoms with E-state index in [1.54, 1.807) is 0 Å². The summed E-state index contributed by atoms with van der Waals surface area (Å²) < 4.78 is 0. The average Bonchev–Trinajstić information content (AvgIpc) is 2.67. The van der Waals surface area contributed by atoms with Gasteiger partial charge in [-0.15, -0.1) is 0 Å². The van der Waals surface area contributed by atoms with E-state index in [0.29, 0.717) is 5.82 Å². The third kappa shape index (κ3) is 1.44. The fraction of sp³-hybridized carbons (Fsp3) is 0.385. The number of nitrogens with zero attached hydrogens (tertiary/aromatic N) is 2. The maximum absolute atomic E-state index is 5.71. The highest BCUT2D eigenvalue weighted by Crippen LogP contribution is 2.49. The molecule has 0 unspecified atom stereocenters. The zero-order valence-corrected chi connectivity index (χ0v) is 9.90. The van der Waals surface area contributed by atoms with Gasteiger partial charge in [0.2, 0.25) is 0 Å². The Bertz CT molecular complexity index is 540. The summed E-state index contributed by atoms with van der Waals surface area (Å²) in [5, 5.41) is 7.12. The van der Waals surface area contributed by atoms with E-state index in [1.807, 2.05) is 18.5 Å². The molecule has 3 N–H and O–H groups in total. The summed E-state index contributed by atoms with van der Waals surface area (Å²) in [7, 11) is 0. The second-order valence-electron chi connectivity index (χ2n) is 4.83. The monoisotopic (exact) mass is 228 g/mol. The van der Waals surface area contributed by atoms with E-state index < -0.39 is 0 Å². The van der Waals surface area contributed by atoms with Crippen LogP contribution in [0, 0.1) is 6.92 Å². The summed E-state index contributed by atoms with van der Waals surface area (Å²) in [6, 6.07) is 4.01. The normalized spacial score (nSPS) is 17.7. The van der Waals surface area contributed by atoms with E-state index >= 15 is 0 Å². The summed E-state index contributed by atoms with van der Waals surface area (Å²) in [5.74, 6) is 0.563.